The molecule has 146 valence electrons. The number of halogens is 2. The standard InChI is InChI=1S/C20H20F2N4O2/c1-24-16-10-14(23-19(27)18-12(21)6-5-7-13(18)22)15(26-8-3-4-9-26)11-17(16)25(2)20(24)28/h5-7,10-11H,3-4,8-9H2,1-2H3,(H,23,27). The Morgan fingerprint density at radius 1 is 1.00 bits per heavy atom. The molecule has 4 rings (SSSR count). The van der Waals surface area contributed by atoms with E-state index >= 15 is 0 Å². The van der Waals surface area contributed by atoms with Crippen molar-refractivity contribution in [3.63, 3.8) is 0 Å². The molecule has 8 heteroatoms. The Morgan fingerprint density at radius 2 is 1.57 bits per heavy atom. The molecule has 0 radical (unpaired) electrons. The summed E-state index contributed by atoms with van der Waals surface area (Å²) in [5.74, 6) is -2.71. The number of aromatic nitrogens is 2. The Kier molecular flexibility index (Phi) is 4.41. The molecule has 1 aliphatic rings. The third-order valence-electron chi connectivity index (χ3n) is 5.27. The van der Waals surface area contributed by atoms with E-state index in [9.17, 15) is 18.4 Å². The van der Waals surface area contributed by atoms with Gasteiger partial charge in [-0.05, 0) is 37.1 Å². The highest BCUT2D eigenvalue weighted by Crippen LogP contribution is 2.33. The summed E-state index contributed by atoms with van der Waals surface area (Å²) in [7, 11) is 3.33. The van der Waals surface area contributed by atoms with Crippen LogP contribution in [0.15, 0.2) is 35.1 Å². The van der Waals surface area contributed by atoms with E-state index in [-0.39, 0.29) is 5.69 Å². The molecule has 2 aromatic carbocycles. The number of benzene rings is 2. The summed E-state index contributed by atoms with van der Waals surface area (Å²) in [6.07, 6.45) is 2.03. The highest BCUT2D eigenvalue weighted by molar-refractivity contribution is 6.07. The highest BCUT2D eigenvalue weighted by atomic mass is 19.1. The topological polar surface area (TPSA) is 59.3 Å². The van der Waals surface area contributed by atoms with Crippen LogP contribution in [0.1, 0.15) is 23.2 Å². The fourth-order valence-corrected chi connectivity index (χ4v) is 3.75. The minimum absolute atomic E-state index is 0.189. The van der Waals surface area contributed by atoms with Crippen molar-refractivity contribution in [1.82, 2.24) is 9.13 Å². The molecular formula is C20H20F2N4O2. The zero-order valence-corrected chi connectivity index (χ0v) is 15.6. The van der Waals surface area contributed by atoms with Gasteiger partial charge < -0.3 is 10.2 Å². The van der Waals surface area contributed by atoms with Crippen LogP contribution >= 0.6 is 0 Å². The van der Waals surface area contributed by atoms with Gasteiger partial charge >= 0.3 is 5.69 Å². The van der Waals surface area contributed by atoms with Crippen molar-refractivity contribution in [3.8, 4) is 0 Å². The van der Waals surface area contributed by atoms with E-state index in [1.165, 1.54) is 15.2 Å². The summed E-state index contributed by atoms with van der Waals surface area (Å²) >= 11 is 0. The Labute approximate surface area is 160 Å². The number of aryl methyl sites for hydroxylation is 2. The van der Waals surface area contributed by atoms with Crippen LogP contribution in [0.2, 0.25) is 0 Å². The summed E-state index contributed by atoms with van der Waals surface area (Å²) in [6.45, 7) is 1.62. The van der Waals surface area contributed by atoms with Crippen molar-refractivity contribution < 1.29 is 13.6 Å². The third kappa shape index (κ3) is 2.85. The first-order valence-corrected chi connectivity index (χ1v) is 9.08. The van der Waals surface area contributed by atoms with E-state index in [4.69, 9.17) is 0 Å². The number of amides is 1. The van der Waals surface area contributed by atoms with Crippen molar-refractivity contribution in [2.75, 3.05) is 23.3 Å². The molecule has 2 heterocycles. The van der Waals surface area contributed by atoms with Crippen LogP contribution in [0.4, 0.5) is 20.2 Å². The molecule has 1 saturated heterocycles. The summed E-state index contributed by atoms with van der Waals surface area (Å²) in [6, 6.07) is 6.83. The van der Waals surface area contributed by atoms with Crippen LogP contribution in [-0.2, 0) is 14.1 Å². The molecule has 1 fully saturated rings. The second-order valence-electron chi connectivity index (χ2n) is 7.00. The van der Waals surface area contributed by atoms with Crippen LogP contribution in [0.5, 0.6) is 0 Å². The van der Waals surface area contributed by atoms with Crippen LogP contribution < -0.4 is 15.9 Å². The van der Waals surface area contributed by atoms with Gasteiger partial charge in [0.1, 0.15) is 17.2 Å². The number of carbonyl (C=O) groups is 1. The fourth-order valence-electron chi connectivity index (χ4n) is 3.75. The first kappa shape index (κ1) is 18.2. The molecule has 1 N–H and O–H groups in total. The number of nitrogens with zero attached hydrogens (tertiary/aromatic N) is 3. The Balaban J connectivity index is 1.84. The quantitative estimate of drug-likeness (QED) is 0.753. The molecule has 1 aromatic heterocycles. The predicted molar refractivity (Wildman–Crippen MR) is 104 cm³/mol. The minimum atomic E-state index is -0.923. The van der Waals surface area contributed by atoms with Crippen molar-refractivity contribution >= 4 is 28.3 Å². The lowest BCUT2D eigenvalue weighted by atomic mass is 10.1. The number of anilines is 2. The van der Waals surface area contributed by atoms with E-state index in [2.05, 4.69) is 10.2 Å². The van der Waals surface area contributed by atoms with Crippen LogP contribution in [0.3, 0.4) is 0 Å². The van der Waals surface area contributed by atoms with Crippen molar-refractivity contribution in [2.24, 2.45) is 14.1 Å². The highest BCUT2D eigenvalue weighted by Gasteiger charge is 2.23. The second kappa shape index (κ2) is 6.78. The lowest BCUT2D eigenvalue weighted by molar-refractivity contribution is 0.101. The second-order valence-corrected chi connectivity index (χ2v) is 7.00. The summed E-state index contributed by atoms with van der Waals surface area (Å²) in [5, 5.41) is 2.65. The van der Waals surface area contributed by atoms with Gasteiger partial charge in [0.25, 0.3) is 5.91 Å². The zero-order valence-electron chi connectivity index (χ0n) is 15.6. The largest absolute Gasteiger partial charge is 0.370 e. The van der Waals surface area contributed by atoms with E-state index in [0.29, 0.717) is 11.2 Å². The fraction of sp³-hybridized carbons (Fsp3) is 0.300. The predicted octanol–water partition coefficient (Wildman–Crippen LogP) is 3.01. The molecule has 28 heavy (non-hydrogen) atoms. The van der Waals surface area contributed by atoms with Gasteiger partial charge in [-0.2, -0.15) is 0 Å². The molecule has 0 unspecified atom stereocenters. The Morgan fingerprint density at radius 3 is 2.18 bits per heavy atom. The maximum Gasteiger partial charge on any atom is 0.328 e. The van der Waals surface area contributed by atoms with Gasteiger partial charge in [-0.3, -0.25) is 13.9 Å². The van der Waals surface area contributed by atoms with Crippen LogP contribution in [0, 0.1) is 11.6 Å². The Hall–Kier alpha value is -3.16. The zero-order chi connectivity index (χ0) is 20.0. The van der Waals surface area contributed by atoms with Crippen LogP contribution in [-0.4, -0.2) is 28.1 Å². The number of rotatable bonds is 3. The number of hydrogen-bond acceptors (Lipinski definition) is 3. The van der Waals surface area contributed by atoms with Crippen molar-refractivity contribution in [3.05, 3.63) is 58.0 Å². The summed E-state index contributed by atoms with van der Waals surface area (Å²) < 4.78 is 31.1. The molecular weight excluding hydrogens is 366 g/mol. The van der Waals surface area contributed by atoms with Gasteiger partial charge in [-0.25, -0.2) is 13.6 Å². The minimum Gasteiger partial charge on any atom is -0.370 e. The maximum absolute atomic E-state index is 14.0. The molecule has 1 amide bonds. The molecule has 6 nitrogen and oxygen atoms in total. The van der Waals surface area contributed by atoms with Crippen molar-refractivity contribution in [1.29, 1.82) is 0 Å². The Bertz CT molecular complexity index is 1120. The first-order valence-electron chi connectivity index (χ1n) is 9.08. The van der Waals surface area contributed by atoms with E-state index in [1.54, 1.807) is 20.2 Å². The molecule has 0 aliphatic carbocycles. The lowest BCUT2D eigenvalue weighted by Gasteiger charge is -2.22. The molecule has 1 aliphatic heterocycles. The van der Waals surface area contributed by atoms with Crippen LogP contribution in [0.25, 0.3) is 11.0 Å². The number of nitrogens with one attached hydrogen (secondary N) is 1. The number of fused-ring (bicyclic) bond motifs is 1. The van der Waals surface area contributed by atoms with Gasteiger partial charge in [-0.15, -0.1) is 0 Å². The maximum atomic E-state index is 14.0. The number of hydrogen-bond donors (Lipinski definition) is 1. The van der Waals surface area contributed by atoms with E-state index < -0.39 is 23.1 Å². The molecule has 0 saturated carbocycles. The molecule has 0 atom stereocenters. The molecule has 0 spiro atoms. The third-order valence-corrected chi connectivity index (χ3v) is 5.27. The van der Waals surface area contributed by atoms with E-state index in [0.717, 1.165) is 49.3 Å². The number of imidazole rings is 1. The normalized spacial score (nSPS) is 14.1. The van der Waals surface area contributed by atoms with Gasteiger partial charge in [0.2, 0.25) is 0 Å². The van der Waals surface area contributed by atoms with Gasteiger partial charge in [0, 0.05) is 27.2 Å². The smallest absolute Gasteiger partial charge is 0.328 e. The summed E-state index contributed by atoms with van der Waals surface area (Å²) in [4.78, 5) is 27.0. The number of carbonyl (C=O) groups excluding carboxylic acids is 1. The monoisotopic (exact) mass is 386 g/mol. The SMILES string of the molecule is Cn1c(=O)n(C)c2cc(N3CCCC3)c(NC(=O)c3c(F)cccc3F)cc21. The molecule has 0 bridgehead atoms. The van der Waals surface area contributed by atoms with Gasteiger partial charge in [-0.1, -0.05) is 6.07 Å². The van der Waals surface area contributed by atoms with Crippen molar-refractivity contribution in [2.45, 2.75) is 12.8 Å². The van der Waals surface area contributed by atoms with E-state index in [1.807, 2.05) is 6.07 Å². The first-order chi connectivity index (χ1) is 13.4. The summed E-state index contributed by atoms with van der Waals surface area (Å²) in [5.41, 5.74) is 1.69. The average Bonchev–Trinajstić information content (AvgIpc) is 3.26. The average molecular weight is 386 g/mol. The molecule has 3 aromatic rings. The van der Waals surface area contributed by atoms with Gasteiger partial charge in [0.15, 0.2) is 0 Å². The van der Waals surface area contributed by atoms with Gasteiger partial charge in [0.05, 0.1) is 22.4 Å². The lowest BCUT2D eigenvalue weighted by Crippen LogP contribution is -2.22.